The number of aryl methyl sites for hydroxylation is 1. The fourth-order valence-electron chi connectivity index (χ4n) is 2.65. The highest BCUT2D eigenvalue weighted by atomic mass is 32.2. The molecule has 0 aliphatic carbocycles. The zero-order chi connectivity index (χ0) is 20.9. The first-order valence-corrected chi connectivity index (χ1v) is 10.4. The number of benzene rings is 2. The summed E-state index contributed by atoms with van der Waals surface area (Å²) in [4.78, 5) is 4.41. The third-order valence-corrected chi connectivity index (χ3v) is 5.11. The van der Waals surface area contributed by atoms with Crippen LogP contribution in [0.3, 0.4) is 0 Å². The standard InChI is InChI=1S/C21H19FN4O3S/c1-3-14-4-6-15(7-5-14)19-23-18(29-26-19)12-30-21-25-24-20(28-21)13(2)27-17-10-8-16(22)9-11-17/h4-11,13H,3,12H2,1-2H3/t13-/m0/s1. The zero-order valence-electron chi connectivity index (χ0n) is 16.4. The molecule has 0 amide bonds. The van der Waals surface area contributed by atoms with Gasteiger partial charge in [0.05, 0.1) is 5.75 Å². The fraction of sp³-hybridized carbons (Fsp3) is 0.238. The first-order valence-electron chi connectivity index (χ1n) is 9.41. The Kier molecular flexibility index (Phi) is 6.08. The molecule has 4 rings (SSSR count). The Bertz CT molecular complexity index is 1100. The lowest BCUT2D eigenvalue weighted by molar-refractivity contribution is 0.181. The molecule has 4 aromatic rings. The highest BCUT2D eigenvalue weighted by Gasteiger charge is 2.17. The average Bonchev–Trinajstić information content (AvgIpc) is 3.44. The van der Waals surface area contributed by atoms with Gasteiger partial charge in [-0.2, -0.15) is 4.98 Å². The Hall–Kier alpha value is -3.20. The van der Waals surface area contributed by atoms with E-state index in [2.05, 4.69) is 39.4 Å². The maximum absolute atomic E-state index is 13.0. The summed E-state index contributed by atoms with van der Waals surface area (Å²) in [5.41, 5.74) is 2.15. The minimum absolute atomic E-state index is 0.323. The minimum atomic E-state index is -0.474. The van der Waals surface area contributed by atoms with Gasteiger partial charge in [-0.25, -0.2) is 4.39 Å². The van der Waals surface area contributed by atoms with Gasteiger partial charge in [-0.1, -0.05) is 48.1 Å². The van der Waals surface area contributed by atoms with Gasteiger partial charge in [0, 0.05) is 5.56 Å². The van der Waals surface area contributed by atoms with Crippen LogP contribution in [0.5, 0.6) is 5.75 Å². The second-order valence-electron chi connectivity index (χ2n) is 6.47. The van der Waals surface area contributed by atoms with Crippen molar-refractivity contribution < 1.29 is 18.1 Å². The van der Waals surface area contributed by atoms with Gasteiger partial charge < -0.3 is 13.7 Å². The molecule has 0 aliphatic rings. The van der Waals surface area contributed by atoms with Gasteiger partial charge in [-0.15, -0.1) is 10.2 Å². The van der Waals surface area contributed by atoms with Crippen LogP contribution in [-0.4, -0.2) is 20.3 Å². The molecule has 0 unspecified atom stereocenters. The smallest absolute Gasteiger partial charge is 0.277 e. The van der Waals surface area contributed by atoms with Crippen molar-refractivity contribution in [2.75, 3.05) is 0 Å². The van der Waals surface area contributed by atoms with Gasteiger partial charge in [-0.05, 0) is 43.2 Å². The third-order valence-electron chi connectivity index (χ3n) is 4.30. The maximum Gasteiger partial charge on any atom is 0.277 e. The molecule has 0 saturated carbocycles. The number of ether oxygens (including phenoxy) is 1. The van der Waals surface area contributed by atoms with Crippen molar-refractivity contribution in [3.8, 4) is 17.1 Å². The van der Waals surface area contributed by atoms with Crippen LogP contribution in [0.25, 0.3) is 11.4 Å². The van der Waals surface area contributed by atoms with Crippen LogP contribution in [0.15, 0.2) is 62.7 Å². The molecule has 0 radical (unpaired) electrons. The first-order chi connectivity index (χ1) is 14.6. The van der Waals surface area contributed by atoms with Crippen molar-refractivity contribution in [1.29, 1.82) is 0 Å². The van der Waals surface area contributed by atoms with Crippen molar-refractivity contribution in [1.82, 2.24) is 20.3 Å². The van der Waals surface area contributed by atoms with E-state index in [0.29, 0.717) is 34.3 Å². The van der Waals surface area contributed by atoms with Crippen molar-refractivity contribution in [3.05, 3.63) is 71.7 Å². The number of hydrogen-bond acceptors (Lipinski definition) is 8. The van der Waals surface area contributed by atoms with Crippen molar-refractivity contribution in [2.45, 2.75) is 37.3 Å². The Morgan fingerprint density at radius 3 is 2.57 bits per heavy atom. The van der Waals surface area contributed by atoms with Crippen LogP contribution in [0.4, 0.5) is 4.39 Å². The summed E-state index contributed by atoms with van der Waals surface area (Å²) in [5.74, 6) is 1.92. The van der Waals surface area contributed by atoms with E-state index in [1.807, 2.05) is 12.1 Å². The van der Waals surface area contributed by atoms with E-state index in [-0.39, 0.29) is 5.82 Å². The van der Waals surface area contributed by atoms with E-state index >= 15 is 0 Å². The van der Waals surface area contributed by atoms with E-state index < -0.39 is 6.10 Å². The molecule has 0 saturated heterocycles. The van der Waals surface area contributed by atoms with E-state index in [1.54, 1.807) is 19.1 Å². The lowest BCUT2D eigenvalue weighted by atomic mass is 10.1. The van der Waals surface area contributed by atoms with E-state index in [1.165, 1.54) is 29.5 Å². The largest absolute Gasteiger partial charge is 0.481 e. The molecule has 2 aromatic heterocycles. The van der Waals surface area contributed by atoms with Gasteiger partial charge in [-0.3, -0.25) is 0 Å². The van der Waals surface area contributed by atoms with Crippen LogP contribution in [-0.2, 0) is 12.2 Å². The molecular formula is C21H19FN4O3S. The molecule has 0 N–H and O–H groups in total. The molecule has 0 aliphatic heterocycles. The van der Waals surface area contributed by atoms with Crippen LogP contribution in [0.2, 0.25) is 0 Å². The van der Waals surface area contributed by atoms with Crippen LogP contribution in [0, 0.1) is 5.82 Å². The number of thioether (sulfide) groups is 1. The summed E-state index contributed by atoms with van der Waals surface area (Å²) in [6.45, 7) is 3.89. The molecule has 0 fully saturated rings. The van der Waals surface area contributed by atoms with Crippen LogP contribution in [0.1, 0.15) is 37.3 Å². The number of hydrogen-bond donors (Lipinski definition) is 0. The van der Waals surface area contributed by atoms with Crippen molar-refractivity contribution in [3.63, 3.8) is 0 Å². The quantitative estimate of drug-likeness (QED) is 0.353. The number of aromatic nitrogens is 4. The van der Waals surface area contributed by atoms with Gasteiger partial charge in [0.1, 0.15) is 11.6 Å². The SMILES string of the molecule is CCc1ccc(-c2noc(CSc3nnc([C@H](C)Oc4ccc(F)cc4)o3)n2)cc1. The Morgan fingerprint density at radius 1 is 1.07 bits per heavy atom. The lowest BCUT2D eigenvalue weighted by Gasteiger charge is -2.10. The molecule has 7 nitrogen and oxygen atoms in total. The molecule has 30 heavy (non-hydrogen) atoms. The number of nitrogens with zero attached hydrogens (tertiary/aromatic N) is 4. The predicted molar refractivity (Wildman–Crippen MR) is 108 cm³/mol. The van der Waals surface area contributed by atoms with Crippen LogP contribution >= 0.6 is 11.8 Å². The number of rotatable bonds is 8. The van der Waals surface area contributed by atoms with E-state index in [4.69, 9.17) is 13.7 Å². The zero-order valence-corrected chi connectivity index (χ0v) is 17.2. The third kappa shape index (κ3) is 4.85. The predicted octanol–water partition coefficient (Wildman–Crippen LogP) is 5.25. The maximum atomic E-state index is 13.0. The highest BCUT2D eigenvalue weighted by molar-refractivity contribution is 7.98. The molecule has 1 atom stereocenters. The van der Waals surface area contributed by atoms with E-state index in [9.17, 15) is 4.39 Å². The highest BCUT2D eigenvalue weighted by Crippen LogP contribution is 2.26. The monoisotopic (exact) mass is 426 g/mol. The summed E-state index contributed by atoms with van der Waals surface area (Å²) >= 11 is 1.29. The summed E-state index contributed by atoms with van der Waals surface area (Å²) in [7, 11) is 0. The Morgan fingerprint density at radius 2 is 1.83 bits per heavy atom. The fourth-order valence-corrected chi connectivity index (χ4v) is 3.26. The van der Waals surface area contributed by atoms with Crippen molar-refractivity contribution >= 4 is 11.8 Å². The molecule has 2 aromatic carbocycles. The van der Waals surface area contributed by atoms with Crippen molar-refractivity contribution in [2.24, 2.45) is 0 Å². The molecule has 0 spiro atoms. The first kappa shape index (κ1) is 20.1. The molecular weight excluding hydrogens is 407 g/mol. The lowest BCUT2D eigenvalue weighted by Crippen LogP contribution is -2.03. The summed E-state index contributed by atoms with van der Waals surface area (Å²) in [6.07, 6.45) is 0.507. The van der Waals surface area contributed by atoms with Crippen LogP contribution < -0.4 is 4.74 Å². The minimum Gasteiger partial charge on any atom is -0.481 e. The summed E-state index contributed by atoms with van der Waals surface area (Å²) < 4.78 is 29.6. The average molecular weight is 426 g/mol. The van der Waals surface area contributed by atoms with Gasteiger partial charge in [0.25, 0.3) is 11.1 Å². The topological polar surface area (TPSA) is 87.1 Å². The Balaban J connectivity index is 1.34. The normalized spacial score (nSPS) is 12.1. The molecule has 154 valence electrons. The summed E-state index contributed by atoms with van der Waals surface area (Å²) in [6, 6.07) is 13.8. The van der Waals surface area contributed by atoms with Gasteiger partial charge in [0.2, 0.25) is 11.7 Å². The van der Waals surface area contributed by atoms with E-state index in [0.717, 1.165) is 12.0 Å². The number of halogens is 1. The molecule has 0 bridgehead atoms. The molecule has 2 heterocycles. The second-order valence-corrected chi connectivity index (χ2v) is 7.40. The second kappa shape index (κ2) is 9.08. The summed E-state index contributed by atoms with van der Waals surface area (Å²) in [5, 5.41) is 12.4. The van der Waals surface area contributed by atoms with Gasteiger partial charge >= 0.3 is 0 Å². The Labute approximate surface area is 176 Å². The van der Waals surface area contributed by atoms with Gasteiger partial charge in [0.15, 0.2) is 6.10 Å². The molecule has 9 heteroatoms.